The predicted molar refractivity (Wildman–Crippen MR) is 91.6 cm³/mol. The molecule has 1 fully saturated rings. The van der Waals surface area contributed by atoms with Gasteiger partial charge < -0.3 is 9.47 Å². The second-order valence-corrected chi connectivity index (χ2v) is 7.82. The molecule has 0 N–H and O–H groups in total. The first-order chi connectivity index (χ1) is 11.2. The van der Waals surface area contributed by atoms with Crippen molar-refractivity contribution >= 4 is 35.1 Å². The molecule has 8 heteroatoms. The average molecular weight is 373 g/mol. The Balaban J connectivity index is 1.56. The van der Waals surface area contributed by atoms with Gasteiger partial charge in [-0.3, -0.25) is 0 Å². The van der Waals surface area contributed by atoms with Crippen molar-refractivity contribution in [1.29, 1.82) is 0 Å². The van der Waals surface area contributed by atoms with Crippen molar-refractivity contribution in [3.8, 4) is 0 Å². The molecule has 1 aromatic carbocycles. The van der Waals surface area contributed by atoms with Crippen LogP contribution in [-0.2, 0) is 15.3 Å². The summed E-state index contributed by atoms with van der Waals surface area (Å²) in [6, 6.07) is 6.37. The summed E-state index contributed by atoms with van der Waals surface area (Å²) >= 11 is 4.68. The molecule has 1 saturated heterocycles. The van der Waals surface area contributed by atoms with E-state index in [0.717, 1.165) is 33.7 Å². The van der Waals surface area contributed by atoms with E-state index in [-0.39, 0.29) is 5.82 Å². The van der Waals surface area contributed by atoms with Crippen LogP contribution in [0.15, 0.2) is 33.8 Å². The molecule has 3 rings (SSSR count). The lowest BCUT2D eigenvalue weighted by Crippen LogP contribution is -2.27. The van der Waals surface area contributed by atoms with Crippen molar-refractivity contribution in [3.05, 3.63) is 35.6 Å². The van der Waals surface area contributed by atoms with Crippen LogP contribution in [-0.4, -0.2) is 34.6 Å². The highest BCUT2D eigenvalue weighted by molar-refractivity contribution is 8.01. The van der Waals surface area contributed by atoms with Gasteiger partial charge in [0.15, 0.2) is 10.1 Å². The molecular formula is C15H17FN2O2S3. The topological polar surface area (TPSA) is 44.2 Å². The Morgan fingerprint density at radius 1 is 1.26 bits per heavy atom. The van der Waals surface area contributed by atoms with Gasteiger partial charge in [0.25, 0.3) is 0 Å². The van der Waals surface area contributed by atoms with Gasteiger partial charge in [-0.05, 0) is 36.3 Å². The smallest absolute Gasteiger partial charge is 0.200 e. The summed E-state index contributed by atoms with van der Waals surface area (Å²) in [7, 11) is 0. The summed E-state index contributed by atoms with van der Waals surface area (Å²) in [5.74, 6) is -0.0725. The van der Waals surface area contributed by atoms with Crippen LogP contribution >= 0.6 is 35.1 Å². The van der Waals surface area contributed by atoms with Crippen molar-refractivity contribution in [2.24, 2.45) is 0 Å². The summed E-state index contributed by atoms with van der Waals surface area (Å²) in [5, 5.41) is 0.822. The molecule has 0 unspecified atom stereocenters. The Labute approximate surface area is 147 Å². The third kappa shape index (κ3) is 4.24. The molecule has 0 saturated carbocycles. The monoisotopic (exact) mass is 372 g/mol. The number of hydrogen-bond donors (Lipinski definition) is 0. The molecule has 0 spiro atoms. The van der Waals surface area contributed by atoms with Gasteiger partial charge in [-0.15, -0.1) is 0 Å². The average Bonchev–Trinajstić information content (AvgIpc) is 3.22. The first-order valence-corrected chi connectivity index (χ1v) is 10.2. The summed E-state index contributed by atoms with van der Waals surface area (Å²) < 4.78 is 30.1. The zero-order valence-corrected chi connectivity index (χ0v) is 15.1. The second kappa shape index (κ2) is 7.94. The normalized spacial score (nSPS) is 16.8. The fraction of sp³-hybridized carbons (Fsp3) is 0.467. The van der Waals surface area contributed by atoms with Crippen LogP contribution in [0.25, 0.3) is 0 Å². The molecule has 0 atom stereocenters. The quantitative estimate of drug-likeness (QED) is 0.537. The number of benzene rings is 1. The molecule has 1 aliphatic rings. The first kappa shape index (κ1) is 17.2. The second-order valence-electron chi connectivity index (χ2n) is 4.96. The molecule has 4 nitrogen and oxygen atoms in total. The van der Waals surface area contributed by atoms with Crippen molar-refractivity contribution in [2.75, 3.05) is 25.2 Å². The van der Waals surface area contributed by atoms with Gasteiger partial charge in [0.05, 0.1) is 13.2 Å². The lowest BCUT2D eigenvalue weighted by atomic mass is 10.0. The van der Waals surface area contributed by atoms with Crippen molar-refractivity contribution in [1.82, 2.24) is 9.36 Å². The summed E-state index contributed by atoms with van der Waals surface area (Å²) in [4.78, 5) is 4.41. The standard InChI is InChI=1S/C15H17FN2O2S3/c1-21-13-17-14(23-18-13)22-10-2-7-15(19-8-9-20-15)11-3-5-12(16)6-4-11/h3-6H,2,7-10H2,1H3. The van der Waals surface area contributed by atoms with Gasteiger partial charge in [-0.25, -0.2) is 9.37 Å². The minimum Gasteiger partial charge on any atom is -0.343 e. The third-order valence-corrected chi connectivity index (χ3v) is 6.07. The van der Waals surface area contributed by atoms with Crippen molar-refractivity contribution in [3.63, 3.8) is 0 Å². The molecule has 23 heavy (non-hydrogen) atoms. The van der Waals surface area contributed by atoms with E-state index in [9.17, 15) is 4.39 Å². The maximum absolute atomic E-state index is 13.1. The maximum Gasteiger partial charge on any atom is 0.200 e. The van der Waals surface area contributed by atoms with E-state index in [1.165, 1.54) is 23.7 Å². The Kier molecular flexibility index (Phi) is 5.92. The summed E-state index contributed by atoms with van der Waals surface area (Å²) in [6.07, 6.45) is 3.62. The largest absolute Gasteiger partial charge is 0.343 e. The van der Waals surface area contributed by atoms with E-state index < -0.39 is 5.79 Å². The highest BCUT2D eigenvalue weighted by Gasteiger charge is 2.37. The van der Waals surface area contributed by atoms with Gasteiger partial charge in [0.1, 0.15) is 5.82 Å². The van der Waals surface area contributed by atoms with Crippen LogP contribution < -0.4 is 0 Å². The van der Waals surface area contributed by atoms with E-state index in [0.29, 0.717) is 13.2 Å². The molecule has 1 aliphatic heterocycles. The van der Waals surface area contributed by atoms with E-state index in [1.54, 1.807) is 35.7 Å². The number of thioether (sulfide) groups is 2. The van der Waals surface area contributed by atoms with E-state index in [2.05, 4.69) is 9.36 Å². The van der Waals surface area contributed by atoms with Crippen molar-refractivity contribution < 1.29 is 13.9 Å². The Morgan fingerprint density at radius 2 is 2.00 bits per heavy atom. The molecule has 2 aromatic rings. The number of rotatable bonds is 7. The molecule has 0 amide bonds. The third-order valence-electron chi connectivity index (χ3n) is 3.48. The highest BCUT2D eigenvalue weighted by Crippen LogP contribution is 2.37. The molecule has 0 aliphatic carbocycles. The number of aromatic nitrogens is 2. The highest BCUT2D eigenvalue weighted by atomic mass is 32.2. The van der Waals surface area contributed by atoms with Gasteiger partial charge in [-0.1, -0.05) is 35.7 Å². The number of halogens is 1. The maximum atomic E-state index is 13.1. The lowest BCUT2D eigenvalue weighted by Gasteiger charge is -2.27. The van der Waals surface area contributed by atoms with E-state index in [1.807, 2.05) is 6.26 Å². The zero-order chi connectivity index (χ0) is 16.1. The molecule has 1 aromatic heterocycles. The van der Waals surface area contributed by atoms with Crippen molar-refractivity contribution in [2.45, 2.75) is 28.1 Å². The Morgan fingerprint density at radius 3 is 2.65 bits per heavy atom. The van der Waals surface area contributed by atoms with E-state index in [4.69, 9.17) is 9.47 Å². The van der Waals surface area contributed by atoms with Gasteiger partial charge in [-0.2, -0.15) is 4.37 Å². The van der Waals surface area contributed by atoms with Gasteiger partial charge in [0, 0.05) is 17.7 Å². The Bertz CT molecular complexity index is 630. The van der Waals surface area contributed by atoms with Crippen LogP contribution in [0, 0.1) is 5.82 Å². The predicted octanol–water partition coefficient (Wildman–Crippen LogP) is 4.17. The van der Waals surface area contributed by atoms with Crippen LogP contribution in [0.2, 0.25) is 0 Å². The summed E-state index contributed by atoms with van der Waals surface area (Å²) in [5.41, 5.74) is 0.877. The molecule has 0 bridgehead atoms. The van der Waals surface area contributed by atoms with Crippen LogP contribution in [0.3, 0.4) is 0 Å². The zero-order valence-electron chi connectivity index (χ0n) is 12.7. The molecular weight excluding hydrogens is 355 g/mol. The van der Waals surface area contributed by atoms with Crippen LogP contribution in [0.1, 0.15) is 18.4 Å². The number of ether oxygens (including phenoxy) is 2. The minimum atomic E-state index is -0.736. The SMILES string of the molecule is CSc1nsc(SCCCC2(c3ccc(F)cc3)OCCO2)n1. The molecule has 2 heterocycles. The molecule has 0 radical (unpaired) electrons. The first-order valence-electron chi connectivity index (χ1n) is 7.26. The van der Waals surface area contributed by atoms with Gasteiger partial charge in [0.2, 0.25) is 5.16 Å². The minimum absolute atomic E-state index is 0.252. The van der Waals surface area contributed by atoms with Crippen LogP contribution in [0.5, 0.6) is 0 Å². The fourth-order valence-corrected chi connectivity index (χ4v) is 4.64. The van der Waals surface area contributed by atoms with E-state index >= 15 is 0 Å². The summed E-state index contributed by atoms with van der Waals surface area (Å²) in [6.45, 7) is 1.13. The Hall–Kier alpha value is -0.670. The lowest BCUT2D eigenvalue weighted by molar-refractivity contribution is -0.170. The molecule has 124 valence electrons. The van der Waals surface area contributed by atoms with Gasteiger partial charge >= 0.3 is 0 Å². The number of nitrogens with zero attached hydrogens (tertiary/aromatic N) is 2. The van der Waals surface area contributed by atoms with Crippen LogP contribution in [0.4, 0.5) is 4.39 Å². The fourth-order valence-electron chi connectivity index (χ4n) is 2.42. The number of hydrogen-bond acceptors (Lipinski definition) is 7.